The molecule has 92 valence electrons. The molecule has 0 saturated heterocycles. The van der Waals surface area contributed by atoms with Crippen molar-refractivity contribution in [1.29, 1.82) is 0 Å². The van der Waals surface area contributed by atoms with Crippen molar-refractivity contribution < 1.29 is 14.6 Å². The Balaban J connectivity index is 2.39. The number of aliphatic carboxylic acids is 1. The van der Waals surface area contributed by atoms with Crippen molar-refractivity contribution in [3.8, 4) is 5.75 Å². The van der Waals surface area contributed by atoms with Gasteiger partial charge in [-0.2, -0.15) is 0 Å². The molecule has 1 rings (SSSR count). The third-order valence-corrected chi connectivity index (χ3v) is 2.35. The second kappa shape index (κ2) is 6.74. The molecule has 0 heterocycles. The standard InChI is InChI=1S/C14H18O3/c1-11(2)9-10-17-13-6-3-12(4-7-13)5-8-14(15)16/h3-4,6-7H,1,5,8-10H2,2H3,(H,15,16). The normalized spacial score (nSPS) is 9.94. The van der Waals surface area contributed by atoms with Gasteiger partial charge in [-0.3, -0.25) is 4.79 Å². The molecule has 0 aliphatic heterocycles. The van der Waals surface area contributed by atoms with E-state index in [-0.39, 0.29) is 6.42 Å². The minimum Gasteiger partial charge on any atom is -0.493 e. The average molecular weight is 234 g/mol. The summed E-state index contributed by atoms with van der Waals surface area (Å²) in [7, 11) is 0. The van der Waals surface area contributed by atoms with E-state index in [1.54, 1.807) is 0 Å². The van der Waals surface area contributed by atoms with E-state index in [1.165, 1.54) is 0 Å². The Kier molecular flexibility index (Phi) is 5.27. The van der Waals surface area contributed by atoms with Crippen molar-refractivity contribution >= 4 is 5.97 Å². The minimum atomic E-state index is -0.771. The first-order valence-corrected chi connectivity index (χ1v) is 5.66. The van der Waals surface area contributed by atoms with Gasteiger partial charge in [0.25, 0.3) is 0 Å². The molecule has 3 nitrogen and oxygen atoms in total. The highest BCUT2D eigenvalue weighted by Gasteiger charge is 1.99. The first kappa shape index (κ1) is 13.3. The summed E-state index contributed by atoms with van der Waals surface area (Å²) in [5.74, 6) is 0.0390. The topological polar surface area (TPSA) is 46.5 Å². The third-order valence-electron chi connectivity index (χ3n) is 2.35. The van der Waals surface area contributed by atoms with E-state index in [0.717, 1.165) is 23.3 Å². The molecule has 0 atom stereocenters. The van der Waals surface area contributed by atoms with Crippen LogP contribution in [0.1, 0.15) is 25.3 Å². The summed E-state index contributed by atoms with van der Waals surface area (Å²) in [6, 6.07) is 7.54. The fourth-order valence-electron chi connectivity index (χ4n) is 1.35. The molecule has 0 unspecified atom stereocenters. The van der Waals surface area contributed by atoms with E-state index in [2.05, 4.69) is 6.58 Å². The number of ether oxygens (including phenoxy) is 1. The third kappa shape index (κ3) is 5.76. The molecule has 0 aromatic heterocycles. The molecular weight excluding hydrogens is 216 g/mol. The van der Waals surface area contributed by atoms with Crippen LogP contribution in [-0.2, 0) is 11.2 Å². The van der Waals surface area contributed by atoms with Gasteiger partial charge in [0, 0.05) is 12.8 Å². The van der Waals surface area contributed by atoms with Gasteiger partial charge in [0.05, 0.1) is 6.61 Å². The van der Waals surface area contributed by atoms with Crippen LogP contribution in [0.15, 0.2) is 36.4 Å². The average Bonchev–Trinajstić information content (AvgIpc) is 2.27. The lowest BCUT2D eigenvalue weighted by Gasteiger charge is -2.06. The molecule has 0 saturated carbocycles. The molecule has 1 aromatic rings. The van der Waals surface area contributed by atoms with Gasteiger partial charge in [-0.05, 0) is 31.0 Å². The molecule has 0 fully saturated rings. The highest BCUT2D eigenvalue weighted by Crippen LogP contribution is 2.14. The first-order chi connectivity index (χ1) is 8.08. The predicted molar refractivity (Wildman–Crippen MR) is 67.3 cm³/mol. The van der Waals surface area contributed by atoms with E-state index in [0.29, 0.717) is 13.0 Å². The molecule has 3 heteroatoms. The lowest BCUT2D eigenvalue weighted by molar-refractivity contribution is -0.136. The summed E-state index contributed by atoms with van der Waals surface area (Å²) in [6.07, 6.45) is 1.57. The van der Waals surface area contributed by atoms with Gasteiger partial charge in [-0.1, -0.05) is 17.7 Å². The largest absolute Gasteiger partial charge is 0.493 e. The molecule has 1 aromatic carbocycles. The Bertz CT molecular complexity index is 379. The Morgan fingerprint density at radius 1 is 1.29 bits per heavy atom. The second-order valence-electron chi connectivity index (χ2n) is 4.09. The summed E-state index contributed by atoms with van der Waals surface area (Å²) < 4.78 is 5.52. The molecule has 1 N–H and O–H groups in total. The van der Waals surface area contributed by atoms with E-state index in [1.807, 2.05) is 31.2 Å². The summed E-state index contributed by atoms with van der Waals surface area (Å²) in [5, 5.41) is 8.56. The van der Waals surface area contributed by atoms with Crippen LogP contribution in [0.4, 0.5) is 0 Å². The molecule has 0 amide bonds. The van der Waals surface area contributed by atoms with Crippen LogP contribution >= 0.6 is 0 Å². The Morgan fingerprint density at radius 3 is 2.47 bits per heavy atom. The summed E-state index contributed by atoms with van der Waals surface area (Å²) in [6.45, 7) is 6.41. The van der Waals surface area contributed by atoms with E-state index >= 15 is 0 Å². The highest BCUT2D eigenvalue weighted by molar-refractivity contribution is 5.67. The second-order valence-corrected chi connectivity index (χ2v) is 4.09. The number of benzene rings is 1. The fraction of sp³-hybridized carbons (Fsp3) is 0.357. The number of hydrogen-bond donors (Lipinski definition) is 1. The van der Waals surface area contributed by atoms with Crippen molar-refractivity contribution in [1.82, 2.24) is 0 Å². The maximum Gasteiger partial charge on any atom is 0.303 e. The lowest BCUT2D eigenvalue weighted by atomic mass is 10.1. The molecule has 17 heavy (non-hydrogen) atoms. The number of rotatable bonds is 7. The van der Waals surface area contributed by atoms with E-state index in [9.17, 15) is 4.79 Å². The zero-order chi connectivity index (χ0) is 12.7. The van der Waals surface area contributed by atoms with Gasteiger partial charge in [-0.25, -0.2) is 0 Å². The molecule has 0 bridgehead atoms. The van der Waals surface area contributed by atoms with E-state index < -0.39 is 5.97 Å². The smallest absolute Gasteiger partial charge is 0.303 e. The zero-order valence-electron chi connectivity index (χ0n) is 10.1. The van der Waals surface area contributed by atoms with Crippen LogP contribution in [0, 0.1) is 0 Å². The number of hydrogen-bond acceptors (Lipinski definition) is 2. The summed E-state index contributed by atoms with van der Waals surface area (Å²) >= 11 is 0. The van der Waals surface area contributed by atoms with Crippen molar-refractivity contribution in [2.75, 3.05) is 6.61 Å². The number of aryl methyl sites for hydroxylation is 1. The minimum absolute atomic E-state index is 0.163. The summed E-state index contributed by atoms with van der Waals surface area (Å²) in [4.78, 5) is 10.4. The number of carboxylic acids is 1. The van der Waals surface area contributed by atoms with Gasteiger partial charge < -0.3 is 9.84 Å². The van der Waals surface area contributed by atoms with Crippen LogP contribution in [0.25, 0.3) is 0 Å². The predicted octanol–water partition coefficient (Wildman–Crippen LogP) is 3.05. The molecule has 0 spiro atoms. The first-order valence-electron chi connectivity index (χ1n) is 5.66. The maximum atomic E-state index is 10.4. The van der Waals surface area contributed by atoms with Crippen LogP contribution < -0.4 is 4.74 Å². The highest BCUT2D eigenvalue weighted by atomic mass is 16.5. The van der Waals surface area contributed by atoms with Crippen LogP contribution in [-0.4, -0.2) is 17.7 Å². The molecule has 0 aliphatic carbocycles. The quantitative estimate of drug-likeness (QED) is 0.737. The number of carboxylic acid groups (broad SMARTS) is 1. The molecule has 0 aliphatic rings. The van der Waals surface area contributed by atoms with Gasteiger partial charge in [0.1, 0.15) is 5.75 Å². The Morgan fingerprint density at radius 2 is 1.94 bits per heavy atom. The lowest BCUT2D eigenvalue weighted by Crippen LogP contribution is -1.99. The zero-order valence-corrected chi connectivity index (χ0v) is 10.1. The fourth-order valence-corrected chi connectivity index (χ4v) is 1.35. The van der Waals surface area contributed by atoms with Crippen LogP contribution in [0.2, 0.25) is 0 Å². The maximum absolute atomic E-state index is 10.4. The SMILES string of the molecule is C=C(C)CCOc1ccc(CCC(=O)O)cc1. The number of carbonyl (C=O) groups is 1. The molecule has 0 radical (unpaired) electrons. The van der Waals surface area contributed by atoms with Gasteiger partial charge in [-0.15, -0.1) is 6.58 Å². The summed E-state index contributed by atoms with van der Waals surface area (Å²) in [5.41, 5.74) is 2.11. The van der Waals surface area contributed by atoms with Crippen molar-refractivity contribution in [2.24, 2.45) is 0 Å². The van der Waals surface area contributed by atoms with Gasteiger partial charge >= 0.3 is 5.97 Å². The monoisotopic (exact) mass is 234 g/mol. The van der Waals surface area contributed by atoms with Crippen molar-refractivity contribution in [3.63, 3.8) is 0 Å². The van der Waals surface area contributed by atoms with Crippen LogP contribution in [0.5, 0.6) is 5.75 Å². The molecular formula is C14H18O3. The Hall–Kier alpha value is -1.77. The van der Waals surface area contributed by atoms with Gasteiger partial charge in [0.2, 0.25) is 0 Å². The Labute approximate surface area is 102 Å². The van der Waals surface area contributed by atoms with Crippen molar-refractivity contribution in [3.05, 3.63) is 42.0 Å². The van der Waals surface area contributed by atoms with Crippen LogP contribution in [0.3, 0.4) is 0 Å². The van der Waals surface area contributed by atoms with E-state index in [4.69, 9.17) is 9.84 Å². The van der Waals surface area contributed by atoms with Crippen molar-refractivity contribution in [2.45, 2.75) is 26.2 Å². The van der Waals surface area contributed by atoms with Gasteiger partial charge in [0.15, 0.2) is 0 Å².